The molecule has 72 valence electrons. The summed E-state index contributed by atoms with van der Waals surface area (Å²) in [5.74, 6) is -2.56. The van der Waals surface area contributed by atoms with Crippen molar-refractivity contribution in [3.63, 3.8) is 0 Å². The average Bonchev–Trinajstić information content (AvgIpc) is 2.05. The van der Waals surface area contributed by atoms with Crippen LogP contribution in [0.3, 0.4) is 0 Å². The number of anilines is 1. The van der Waals surface area contributed by atoms with Crippen LogP contribution >= 0.6 is 35.0 Å². The first-order chi connectivity index (χ1) is 6.02. The summed E-state index contributed by atoms with van der Waals surface area (Å²) in [5.41, 5.74) is 5.65. The summed E-state index contributed by atoms with van der Waals surface area (Å²) >= 11 is 11.6. The van der Waals surface area contributed by atoms with Gasteiger partial charge in [-0.25, -0.2) is 0 Å². The van der Waals surface area contributed by atoms with Crippen LogP contribution < -0.4 is 5.73 Å². The molecule has 0 aliphatic rings. The van der Waals surface area contributed by atoms with Crippen LogP contribution in [0.1, 0.15) is 0 Å². The van der Waals surface area contributed by atoms with E-state index >= 15 is 0 Å². The molecule has 0 saturated carbocycles. The third-order valence-electron chi connectivity index (χ3n) is 1.29. The van der Waals surface area contributed by atoms with Gasteiger partial charge in [-0.05, 0) is 12.1 Å². The molecule has 0 aliphatic heterocycles. The molecule has 0 bridgehead atoms. The molecule has 13 heavy (non-hydrogen) atoms. The Morgan fingerprint density at radius 1 is 1.31 bits per heavy atom. The maximum Gasteiger partial charge on any atom is 0.289 e. The van der Waals surface area contributed by atoms with E-state index in [-0.39, 0.29) is 20.6 Å². The van der Waals surface area contributed by atoms with E-state index < -0.39 is 5.76 Å². The average molecular weight is 244 g/mol. The predicted molar refractivity (Wildman–Crippen MR) is 52.7 cm³/mol. The lowest BCUT2D eigenvalue weighted by Gasteiger charge is -2.07. The highest BCUT2D eigenvalue weighted by atomic mass is 35.5. The van der Waals surface area contributed by atoms with Crippen molar-refractivity contribution in [1.29, 1.82) is 0 Å². The Balaban J connectivity index is 3.10. The first kappa shape index (κ1) is 10.9. The van der Waals surface area contributed by atoms with Gasteiger partial charge in [0.1, 0.15) is 0 Å². The zero-order valence-electron chi connectivity index (χ0n) is 6.23. The number of benzene rings is 1. The molecule has 0 atom stereocenters. The van der Waals surface area contributed by atoms with Gasteiger partial charge < -0.3 is 5.73 Å². The largest absolute Gasteiger partial charge is 0.398 e. The van der Waals surface area contributed by atoms with Gasteiger partial charge in [-0.3, -0.25) is 0 Å². The minimum Gasteiger partial charge on any atom is -0.398 e. The standard InChI is InChI=1S/C7H5Cl2F2NS/c8-3-1-2-4(12)6(5(3)9)13-7(10)11/h1-2,7H,12H2. The van der Waals surface area contributed by atoms with Gasteiger partial charge in [0.2, 0.25) is 0 Å². The van der Waals surface area contributed by atoms with Gasteiger partial charge >= 0.3 is 0 Å². The van der Waals surface area contributed by atoms with E-state index in [1.54, 1.807) is 0 Å². The molecular formula is C7H5Cl2F2NS. The Labute approximate surface area is 88.2 Å². The fourth-order valence-electron chi connectivity index (χ4n) is 0.756. The Hall–Kier alpha value is -0.190. The molecule has 0 fully saturated rings. The van der Waals surface area contributed by atoms with Gasteiger partial charge in [-0.1, -0.05) is 35.0 Å². The number of thioether (sulfide) groups is 1. The smallest absolute Gasteiger partial charge is 0.289 e. The third-order valence-corrected chi connectivity index (χ3v) is 3.06. The van der Waals surface area contributed by atoms with Crippen LogP contribution in [-0.2, 0) is 0 Å². The molecule has 1 aromatic rings. The van der Waals surface area contributed by atoms with E-state index in [4.69, 9.17) is 28.9 Å². The van der Waals surface area contributed by atoms with Crippen molar-refractivity contribution < 1.29 is 8.78 Å². The second-order valence-electron chi connectivity index (χ2n) is 2.16. The summed E-state index contributed by atoms with van der Waals surface area (Å²) in [6.45, 7) is 0. The van der Waals surface area contributed by atoms with Gasteiger partial charge in [0.25, 0.3) is 5.76 Å². The maximum atomic E-state index is 12.0. The number of nitrogen functional groups attached to an aromatic ring is 1. The highest BCUT2D eigenvalue weighted by molar-refractivity contribution is 7.99. The first-order valence-corrected chi connectivity index (χ1v) is 4.84. The molecule has 1 rings (SSSR count). The van der Waals surface area contributed by atoms with Gasteiger partial charge in [-0.15, -0.1) is 0 Å². The summed E-state index contributed by atoms with van der Waals surface area (Å²) in [6, 6.07) is 2.91. The zero-order valence-corrected chi connectivity index (χ0v) is 8.56. The van der Waals surface area contributed by atoms with Crippen LogP contribution in [-0.4, -0.2) is 5.76 Å². The van der Waals surface area contributed by atoms with E-state index in [9.17, 15) is 8.78 Å². The van der Waals surface area contributed by atoms with Crippen molar-refractivity contribution in [2.24, 2.45) is 0 Å². The van der Waals surface area contributed by atoms with Crippen molar-refractivity contribution >= 4 is 40.7 Å². The van der Waals surface area contributed by atoms with Crippen LogP contribution in [0, 0.1) is 0 Å². The molecule has 0 aromatic heterocycles. The van der Waals surface area contributed by atoms with Crippen molar-refractivity contribution in [3.05, 3.63) is 22.2 Å². The molecule has 1 aromatic carbocycles. The van der Waals surface area contributed by atoms with Crippen molar-refractivity contribution in [2.45, 2.75) is 10.7 Å². The van der Waals surface area contributed by atoms with E-state index in [2.05, 4.69) is 0 Å². The van der Waals surface area contributed by atoms with Crippen LogP contribution in [0.4, 0.5) is 14.5 Å². The SMILES string of the molecule is Nc1ccc(Cl)c(Cl)c1SC(F)F. The van der Waals surface area contributed by atoms with Crippen molar-refractivity contribution in [1.82, 2.24) is 0 Å². The Kier molecular flexibility index (Phi) is 3.64. The second kappa shape index (κ2) is 4.35. The van der Waals surface area contributed by atoms with Crippen LogP contribution in [0.5, 0.6) is 0 Å². The van der Waals surface area contributed by atoms with Crippen molar-refractivity contribution in [3.8, 4) is 0 Å². The molecule has 0 spiro atoms. The minimum atomic E-state index is -2.56. The second-order valence-corrected chi connectivity index (χ2v) is 3.94. The summed E-state index contributed by atoms with van der Waals surface area (Å²) in [7, 11) is 0. The highest BCUT2D eigenvalue weighted by Crippen LogP contribution is 2.39. The van der Waals surface area contributed by atoms with Crippen LogP contribution in [0.15, 0.2) is 17.0 Å². The Morgan fingerprint density at radius 3 is 2.46 bits per heavy atom. The lowest BCUT2D eigenvalue weighted by atomic mass is 10.3. The number of halogens is 4. The highest BCUT2D eigenvalue weighted by Gasteiger charge is 2.14. The quantitative estimate of drug-likeness (QED) is 0.630. The van der Waals surface area contributed by atoms with Crippen molar-refractivity contribution in [2.75, 3.05) is 5.73 Å². The first-order valence-electron chi connectivity index (χ1n) is 3.20. The normalized spacial score (nSPS) is 10.8. The van der Waals surface area contributed by atoms with Crippen LogP contribution in [0.2, 0.25) is 10.0 Å². The number of nitrogens with two attached hydrogens (primary N) is 1. The lowest BCUT2D eigenvalue weighted by Crippen LogP contribution is -1.92. The lowest BCUT2D eigenvalue weighted by molar-refractivity contribution is 0.252. The summed E-state index contributed by atoms with van der Waals surface area (Å²) in [5, 5.41) is 0.297. The molecule has 1 nitrogen and oxygen atoms in total. The monoisotopic (exact) mass is 243 g/mol. The Morgan fingerprint density at radius 2 is 1.92 bits per heavy atom. The summed E-state index contributed by atoms with van der Waals surface area (Å²) in [6.07, 6.45) is 0. The fourth-order valence-corrected chi connectivity index (χ4v) is 1.87. The third kappa shape index (κ3) is 2.62. The summed E-state index contributed by atoms with van der Waals surface area (Å²) in [4.78, 5) is 0.129. The van der Waals surface area contributed by atoms with E-state index in [0.29, 0.717) is 11.8 Å². The topological polar surface area (TPSA) is 26.0 Å². The minimum absolute atomic E-state index is 0.0759. The summed E-state index contributed by atoms with van der Waals surface area (Å²) < 4.78 is 24.0. The van der Waals surface area contributed by atoms with Crippen LogP contribution in [0.25, 0.3) is 0 Å². The number of hydrogen-bond acceptors (Lipinski definition) is 2. The van der Waals surface area contributed by atoms with E-state index in [0.717, 1.165) is 0 Å². The van der Waals surface area contributed by atoms with Gasteiger partial charge in [0, 0.05) is 5.69 Å². The van der Waals surface area contributed by atoms with E-state index in [1.165, 1.54) is 12.1 Å². The van der Waals surface area contributed by atoms with E-state index in [1.807, 2.05) is 0 Å². The Bertz CT molecular complexity index is 320. The molecule has 0 aliphatic carbocycles. The predicted octanol–water partition coefficient (Wildman–Crippen LogP) is 3.89. The molecule has 0 heterocycles. The molecule has 0 saturated heterocycles. The molecule has 0 unspecified atom stereocenters. The van der Waals surface area contributed by atoms with Gasteiger partial charge in [0.15, 0.2) is 0 Å². The van der Waals surface area contributed by atoms with Gasteiger partial charge in [0.05, 0.1) is 14.9 Å². The molecule has 2 N–H and O–H groups in total. The number of alkyl halides is 2. The fraction of sp³-hybridized carbons (Fsp3) is 0.143. The number of rotatable bonds is 2. The molecule has 0 amide bonds. The molecule has 0 radical (unpaired) electrons. The molecule has 6 heteroatoms. The molecular weight excluding hydrogens is 239 g/mol. The number of hydrogen-bond donors (Lipinski definition) is 1. The zero-order chi connectivity index (χ0) is 10.0. The maximum absolute atomic E-state index is 12.0. The van der Waals surface area contributed by atoms with Gasteiger partial charge in [-0.2, -0.15) is 8.78 Å².